The number of rotatable bonds is 4. The van der Waals surface area contributed by atoms with Crippen LogP contribution in [0.15, 0.2) is 16.5 Å². The first kappa shape index (κ1) is 13.2. The average Bonchev–Trinajstić information content (AvgIpc) is 3.00. The highest BCUT2D eigenvalue weighted by atomic mass is 16.3. The fourth-order valence-electron chi connectivity index (χ4n) is 3.83. The van der Waals surface area contributed by atoms with Crippen LogP contribution in [0.25, 0.3) is 0 Å². The second-order valence-corrected chi connectivity index (χ2v) is 6.58. The molecule has 1 aromatic heterocycles. The summed E-state index contributed by atoms with van der Waals surface area (Å²) in [6.45, 7) is 11.4. The van der Waals surface area contributed by atoms with Crippen LogP contribution in [0, 0.1) is 12.8 Å². The van der Waals surface area contributed by atoms with Gasteiger partial charge >= 0.3 is 0 Å². The van der Waals surface area contributed by atoms with Crippen LogP contribution >= 0.6 is 0 Å². The maximum absolute atomic E-state index is 5.73. The summed E-state index contributed by atoms with van der Waals surface area (Å²) < 4.78 is 5.73. The summed E-state index contributed by atoms with van der Waals surface area (Å²) in [5.41, 5.74) is 0. The zero-order chi connectivity index (χ0) is 13.4. The number of furan rings is 1. The predicted molar refractivity (Wildman–Crippen MR) is 77.1 cm³/mol. The summed E-state index contributed by atoms with van der Waals surface area (Å²) in [4.78, 5) is 5.34. The minimum absolute atomic E-state index is 0.754. The normalized spacial score (nSPS) is 28.4. The lowest BCUT2D eigenvalue weighted by Gasteiger charge is -2.26. The molecule has 0 N–H and O–H groups in total. The van der Waals surface area contributed by atoms with Gasteiger partial charge in [0.2, 0.25) is 0 Å². The molecule has 0 saturated carbocycles. The number of hydrogen-bond donors (Lipinski definition) is 0. The smallest absolute Gasteiger partial charge is 0.118 e. The van der Waals surface area contributed by atoms with Crippen molar-refractivity contribution in [2.24, 2.45) is 5.92 Å². The van der Waals surface area contributed by atoms with E-state index in [1.165, 1.54) is 32.5 Å². The number of aryl methyl sites for hydroxylation is 1. The second kappa shape index (κ2) is 5.29. The van der Waals surface area contributed by atoms with Crippen molar-refractivity contribution in [2.45, 2.75) is 52.2 Å². The van der Waals surface area contributed by atoms with Gasteiger partial charge in [0.05, 0.1) is 6.54 Å². The van der Waals surface area contributed by atoms with Gasteiger partial charge in [-0.2, -0.15) is 0 Å². The van der Waals surface area contributed by atoms with Crippen LogP contribution in [0.2, 0.25) is 0 Å². The Morgan fingerprint density at radius 1 is 1.16 bits per heavy atom. The van der Waals surface area contributed by atoms with Crippen LogP contribution in [-0.2, 0) is 6.54 Å². The quantitative estimate of drug-likeness (QED) is 0.832. The molecule has 2 fully saturated rings. The van der Waals surface area contributed by atoms with Crippen LogP contribution < -0.4 is 0 Å². The van der Waals surface area contributed by atoms with Crippen LogP contribution in [0.5, 0.6) is 0 Å². The summed E-state index contributed by atoms with van der Waals surface area (Å²) in [6.07, 6.45) is 2.66. The molecule has 2 aliphatic heterocycles. The molecule has 2 atom stereocenters. The molecule has 0 unspecified atom stereocenters. The van der Waals surface area contributed by atoms with Gasteiger partial charge in [-0.1, -0.05) is 13.8 Å². The molecular formula is C16H26N2O. The molecule has 19 heavy (non-hydrogen) atoms. The van der Waals surface area contributed by atoms with Crippen molar-refractivity contribution in [1.82, 2.24) is 9.80 Å². The standard InChI is InChI=1S/C16H26N2O/c1-12(2)10-17-8-6-16-15(17)7-9-18(16)11-14-5-4-13(3)19-14/h4-5,12,15-16H,6-11H2,1-3H3/t15-,16+/m0/s1. The van der Waals surface area contributed by atoms with Crippen LogP contribution in [0.3, 0.4) is 0 Å². The Bertz CT molecular complexity index is 426. The monoisotopic (exact) mass is 262 g/mol. The van der Waals surface area contributed by atoms with Crippen molar-refractivity contribution >= 4 is 0 Å². The lowest BCUT2D eigenvalue weighted by atomic mass is 10.1. The Labute approximate surface area is 116 Å². The summed E-state index contributed by atoms with van der Waals surface area (Å²) >= 11 is 0. The predicted octanol–water partition coefficient (Wildman–Crippen LogP) is 2.89. The summed E-state index contributed by atoms with van der Waals surface area (Å²) in [6, 6.07) is 5.74. The van der Waals surface area contributed by atoms with E-state index in [0.717, 1.165) is 36.1 Å². The van der Waals surface area contributed by atoms with Crippen molar-refractivity contribution < 1.29 is 4.42 Å². The molecule has 3 heteroatoms. The van der Waals surface area contributed by atoms with Crippen molar-refractivity contribution in [3.63, 3.8) is 0 Å². The molecule has 2 saturated heterocycles. The number of fused-ring (bicyclic) bond motifs is 1. The van der Waals surface area contributed by atoms with Gasteiger partial charge in [-0.25, -0.2) is 0 Å². The van der Waals surface area contributed by atoms with E-state index in [1.54, 1.807) is 0 Å². The van der Waals surface area contributed by atoms with E-state index < -0.39 is 0 Å². The molecular weight excluding hydrogens is 236 g/mol. The molecule has 0 bridgehead atoms. The molecule has 3 rings (SSSR count). The Balaban J connectivity index is 1.61. The van der Waals surface area contributed by atoms with E-state index in [-0.39, 0.29) is 0 Å². The first-order chi connectivity index (χ1) is 9.13. The van der Waals surface area contributed by atoms with E-state index in [2.05, 4.69) is 35.8 Å². The van der Waals surface area contributed by atoms with Gasteiger partial charge in [0.1, 0.15) is 11.5 Å². The minimum Gasteiger partial charge on any atom is -0.465 e. The SMILES string of the molecule is Cc1ccc(CN2CC[C@H]3[C@H]2CCN3CC(C)C)o1. The van der Waals surface area contributed by atoms with Gasteiger partial charge in [0.25, 0.3) is 0 Å². The van der Waals surface area contributed by atoms with E-state index in [1.807, 2.05) is 6.92 Å². The first-order valence-corrected chi connectivity index (χ1v) is 7.67. The van der Waals surface area contributed by atoms with E-state index in [0.29, 0.717) is 0 Å². The number of likely N-dealkylation sites (tertiary alicyclic amines) is 2. The zero-order valence-corrected chi connectivity index (χ0v) is 12.4. The zero-order valence-electron chi connectivity index (χ0n) is 12.4. The summed E-state index contributed by atoms with van der Waals surface area (Å²) in [5.74, 6) is 2.93. The van der Waals surface area contributed by atoms with Crippen LogP contribution in [-0.4, -0.2) is 41.5 Å². The fourth-order valence-corrected chi connectivity index (χ4v) is 3.83. The highest BCUT2D eigenvalue weighted by Crippen LogP contribution is 2.33. The third-order valence-electron chi connectivity index (χ3n) is 4.56. The molecule has 3 nitrogen and oxygen atoms in total. The fraction of sp³-hybridized carbons (Fsp3) is 0.750. The van der Waals surface area contributed by atoms with Gasteiger partial charge in [-0.15, -0.1) is 0 Å². The second-order valence-electron chi connectivity index (χ2n) is 6.58. The third-order valence-corrected chi connectivity index (χ3v) is 4.56. The summed E-state index contributed by atoms with van der Waals surface area (Å²) in [5, 5.41) is 0. The van der Waals surface area contributed by atoms with E-state index in [9.17, 15) is 0 Å². The lowest BCUT2D eigenvalue weighted by molar-refractivity contribution is 0.196. The van der Waals surface area contributed by atoms with Gasteiger partial charge in [-0.3, -0.25) is 9.80 Å². The molecule has 1 aromatic rings. The largest absolute Gasteiger partial charge is 0.465 e. The van der Waals surface area contributed by atoms with E-state index in [4.69, 9.17) is 4.42 Å². The molecule has 106 valence electrons. The van der Waals surface area contributed by atoms with Gasteiger partial charge < -0.3 is 4.42 Å². The van der Waals surface area contributed by atoms with Gasteiger partial charge in [0, 0.05) is 31.7 Å². The molecule has 0 aliphatic carbocycles. The highest BCUT2D eigenvalue weighted by molar-refractivity contribution is 5.07. The highest BCUT2D eigenvalue weighted by Gasteiger charge is 2.42. The van der Waals surface area contributed by atoms with Crippen molar-refractivity contribution in [3.8, 4) is 0 Å². The Kier molecular flexibility index (Phi) is 3.68. The summed E-state index contributed by atoms with van der Waals surface area (Å²) in [7, 11) is 0. The van der Waals surface area contributed by atoms with Gasteiger partial charge in [0.15, 0.2) is 0 Å². The molecule has 3 heterocycles. The Morgan fingerprint density at radius 3 is 2.47 bits per heavy atom. The van der Waals surface area contributed by atoms with Crippen LogP contribution in [0.1, 0.15) is 38.2 Å². The number of nitrogens with zero attached hydrogens (tertiary/aromatic N) is 2. The molecule has 0 amide bonds. The first-order valence-electron chi connectivity index (χ1n) is 7.67. The van der Waals surface area contributed by atoms with Gasteiger partial charge in [-0.05, 0) is 37.8 Å². The molecule has 2 aliphatic rings. The Morgan fingerprint density at radius 2 is 1.84 bits per heavy atom. The molecule has 0 radical (unpaired) electrons. The van der Waals surface area contributed by atoms with Crippen molar-refractivity contribution in [2.75, 3.05) is 19.6 Å². The van der Waals surface area contributed by atoms with Crippen molar-refractivity contribution in [1.29, 1.82) is 0 Å². The topological polar surface area (TPSA) is 19.6 Å². The number of hydrogen-bond acceptors (Lipinski definition) is 3. The third kappa shape index (κ3) is 2.72. The average molecular weight is 262 g/mol. The molecule has 0 aromatic carbocycles. The maximum atomic E-state index is 5.73. The Hall–Kier alpha value is -0.800. The van der Waals surface area contributed by atoms with E-state index >= 15 is 0 Å². The minimum atomic E-state index is 0.754. The van der Waals surface area contributed by atoms with Crippen molar-refractivity contribution in [3.05, 3.63) is 23.7 Å². The van der Waals surface area contributed by atoms with Crippen LogP contribution in [0.4, 0.5) is 0 Å². The molecule has 0 spiro atoms. The lowest BCUT2D eigenvalue weighted by Crippen LogP contribution is -2.37. The maximum Gasteiger partial charge on any atom is 0.118 e.